The van der Waals surface area contributed by atoms with E-state index in [9.17, 15) is 9.59 Å². The second kappa shape index (κ2) is 11.0. The second-order valence-electron chi connectivity index (χ2n) is 7.53. The predicted octanol–water partition coefficient (Wildman–Crippen LogP) is 4.83. The topological polar surface area (TPSA) is 49.4 Å². The number of carbonyl (C=O) groups excluding carboxylic acids is 2. The normalized spacial score (nSPS) is 11.8. The van der Waals surface area contributed by atoms with E-state index in [2.05, 4.69) is 12.2 Å². The summed E-state index contributed by atoms with van der Waals surface area (Å²) >= 11 is 6.32. The van der Waals surface area contributed by atoms with Gasteiger partial charge in [0.05, 0.1) is 6.42 Å². The van der Waals surface area contributed by atoms with E-state index in [-0.39, 0.29) is 18.2 Å². The van der Waals surface area contributed by atoms with Crippen LogP contribution in [-0.4, -0.2) is 29.3 Å². The summed E-state index contributed by atoms with van der Waals surface area (Å²) in [4.78, 5) is 27.5. The minimum Gasteiger partial charge on any atom is -0.354 e. The molecule has 0 bridgehead atoms. The summed E-state index contributed by atoms with van der Waals surface area (Å²) in [5.74, 6) is -0.231. The smallest absolute Gasteiger partial charge is 0.242 e. The molecule has 0 fully saturated rings. The molecule has 0 aliphatic rings. The van der Waals surface area contributed by atoms with Crippen molar-refractivity contribution in [3.63, 3.8) is 0 Å². The van der Waals surface area contributed by atoms with E-state index in [1.165, 1.54) is 5.56 Å². The Kier molecular flexibility index (Phi) is 8.71. The fourth-order valence-corrected chi connectivity index (χ4v) is 3.31. The Morgan fingerprint density at radius 1 is 1.10 bits per heavy atom. The highest BCUT2D eigenvalue weighted by molar-refractivity contribution is 6.31. The van der Waals surface area contributed by atoms with Gasteiger partial charge in [0.2, 0.25) is 11.8 Å². The minimum atomic E-state index is -0.581. The van der Waals surface area contributed by atoms with Gasteiger partial charge in [0.1, 0.15) is 6.04 Å². The monoisotopic (exact) mass is 414 g/mol. The number of hydrogen-bond acceptors (Lipinski definition) is 2. The average molecular weight is 415 g/mol. The van der Waals surface area contributed by atoms with Crippen molar-refractivity contribution < 1.29 is 9.59 Å². The zero-order valence-electron chi connectivity index (χ0n) is 17.8. The number of benzene rings is 2. The van der Waals surface area contributed by atoms with Crippen molar-refractivity contribution in [1.29, 1.82) is 0 Å². The maximum absolute atomic E-state index is 13.2. The summed E-state index contributed by atoms with van der Waals surface area (Å²) < 4.78 is 0. The van der Waals surface area contributed by atoms with Gasteiger partial charge in [-0.3, -0.25) is 9.59 Å². The molecule has 0 saturated heterocycles. The van der Waals surface area contributed by atoms with E-state index in [0.717, 1.165) is 29.5 Å². The lowest BCUT2D eigenvalue weighted by molar-refractivity contribution is -0.140. The molecule has 0 aliphatic heterocycles. The number of nitrogens with one attached hydrogen (secondary N) is 1. The lowest BCUT2D eigenvalue weighted by atomic mass is 10.0. The molecule has 2 amide bonds. The van der Waals surface area contributed by atoms with Gasteiger partial charge in [-0.05, 0) is 55.5 Å². The van der Waals surface area contributed by atoms with Gasteiger partial charge in [-0.2, -0.15) is 0 Å². The molecule has 0 aliphatic carbocycles. The fraction of sp³-hybridized carbons (Fsp3) is 0.417. The number of unbranched alkanes of at least 4 members (excludes halogenated alkanes) is 1. The van der Waals surface area contributed by atoms with Crippen LogP contribution in [0.1, 0.15) is 48.9 Å². The Morgan fingerprint density at radius 2 is 1.83 bits per heavy atom. The lowest BCUT2D eigenvalue weighted by Gasteiger charge is -2.29. The van der Waals surface area contributed by atoms with Crippen molar-refractivity contribution in [3.05, 3.63) is 69.7 Å². The van der Waals surface area contributed by atoms with Crippen LogP contribution in [-0.2, 0) is 22.6 Å². The zero-order chi connectivity index (χ0) is 21.4. The number of rotatable bonds is 9. The first kappa shape index (κ1) is 23.0. The molecule has 0 heterocycles. The Bertz CT molecular complexity index is 851. The summed E-state index contributed by atoms with van der Waals surface area (Å²) in [6, 6.07) is 12.9. The highest BCUT2D eigenvalue weighted by Crippen LogP contribution is 2.20. The summed E-state index contributed by atoms with van der Waals surface area (Å²) in [6.07, 6.45) is 2.17. The van der Waals surface area contributed by atoms with E-state index in [0.29, 0.717) is 18.1 Å². The van der Waals surface area contributed by atoms with Gasteiger partial charge in [-0.15, -0.1) is 0 Å². The van der Waals surface area contributed by atoms with Gasteiger partial charge in [-0.25, -0.2) is 0 Å². The van der Waals surface area contributed by atoms with Crippen molar-refractivity contribution in [2.45, 2.75) is 59.5 Å². The molecule has 29 heavy (non-hydrogen) atoms. The van der Waals surface area contributed by atoms with Crippen LogP contribution < -0.4 is 5.32 Å². The Hall–Kier alpha value is -2.33. The number of aryl methyl sites for hydroxylation is 2. The molecule has 5 heteroatoms. The molecular weight excluding hydrogens is 384 g/mol. The largest absolute Gasteiger partial charge is 0.354 e. The van der Waals surface area contributed by atoms with Gasteiger partial charge >= 0.3 is 0 Å². The molecule has 0 saturated carbocycles. The van der Waals surface area contributed by atoms with Crippen LogP contribution in [0.3, 0.4) is 0 Å². The van der Waals surface area contributed by atoms with Crippen molar-refractivity contribution in [2.75, 3.05) is 6.54 Å². The van der Waals surface area contributed by atoms with Gasteiger partial charge in [0, 0.05) is 18.1 Å². The summed E-state index contributed by atoms with van der Waals surface area (Å²) in [5, 5.41) is 3.53. The number of amides is 2. The van der Waals surface area contributed by atoms with Crippen LogP contribution in [0.15, 0.2) is 42.5 Å². The quantitative estimate of drug-likeness (QED) is 0.597. The van der Waals surface area contributed by atoms with E-state index in [1.54, 1.807) is 17.9 Å². The molecule has 2 aromatic carbocycles. The number of carbonyl (C=O) groups is 2. The molecule has 156 valence electrons. The molecule has 0 unspecified atom stereocenters. The van der Waals surface area contributed by atoms with Crippen LogP contribution in [0.5, 0.6) is 0 Å². The molecule has 1 atom stereocenters. The zero-order valence-corrected chi connectivity index (χ0v) is 18.6. The first-order valence-electron chi connectivity index (χ1n) is 10.2. The van der Waals surface area contributed by atoms with Crippen molar-refractivity contribution in [3.8, 4) is 0 Å². The summed E-state index contributed by atoms with van der Waals surface area (Å²) in [6.45, 7) is 8.85. The van der Waals surface area contributed by atoms with Crippen LogP contribution >= 0.6 is 11.6 Å². The molecule has 0 radical (unpaired) electrons. The van der Waals surface area contributed by atoms with E-state index >= 15 is 0 Å². The molecule has 2 rings (SSSR count). The Labute approximate surface area is 179 Å². The van der Waals surface area contributed by atoms with E-state index in [1.807, 2.05) is 50.2 Å². The maximum atomic E-state index is 13.2. The van der Waals surface area contributed by atoms with Crippen molar-refractivity contribution >= 4 is 23.4 Å². The number of hydrogen-bond donors (Lipinski definition) is 1. The van der Waals surface area contributed by atoms with Crippen molar-refractivity contribution in [2.24, 2.45) is 0 Å². The third kappa shape index (κ3) is 6.60. The van der Waals surface area contributed by atoms with Crippen molar-refractivity contribution in [1.82, 2.24) is 10.2 Å². The van der Waals surface area contributed by atoms with Crippen LogP contribution in [0.25, 0.3) is 0 Å². The highest BCUT2D eigenvalue weighted by Gasteiger charge is 2.26. The Morgan fingerprint density at radius 3 is 2.48 bits per heavy atom. The van der Waals surface area contributed by atoms with E-state index in [4.69, 9.17) is 11.6 Å². The Balaban J connectivity index is 2.22. The number of nitrogens with zero attached hydrogens (tertiary/aromatic N) is 1. The second-order valence-corrected chi connectivity index (χ2v) is 7.94. The molecule has 1 N–H and O–H groups in total. The van der Waals surface area contributed by atoms with Crippen LogP contribution in [0, 0.1) is 13.8 Å². The minimum absolute atomic E-state index is 0.0914. The molecule has 0 spiro atoms. The molecule has 0 aromatic heterocycles. The maximum Gasteiger partial charge on any atom is 0.242 e. The fourth-order valence-electron chi connectivity index (χ4n) is 3.12. The van der Waals surface area contributed by atoms with Gasteiger partial charge in [-0.1, -0.05) is 61.3 Å². The third-order valence-corrected chi connectivity index (χ3v) is 5.59. The van der Waals surface area contributed by atoms with Gasteiger partial charge in [0.25, 0.3) is 0 Å². The standard InChI is InChI=1S/C24H31ClN2O2/c1-5-6-13-26-24(29)19(4)27(16-21-9-7-8-10-22(21)25)23(28)15-20-12-11-17(2)18(3)14-20/h7-12,14,19H,5-6,13,15-16H2,1-4H3,(H,26,29)/t19-/m1/s1. The third-order valence-electron chi connectivity index (χ3n) is 5.22. The molecule has 2 aromatic rings. The molecule has 4 nitrogen and oxygen atoms in total. The predicted molar refractivity (Wildman–Crippen MR) is 119 cm³/mol. The van der Waals surface area contributed by atoms with Gasteiger partial charge < -0.3 is 10.2 Å². The lowest BCUT2D eigenvalue weighted by Crippen LogP contribution is -2.48. The first-order valence-corrected chi connectivity index (χ1v) is 10.6. The SMILES string of the molecule is CCCCNC(=O)[C@@H](C)N(Cc1ccccc1Cl)C(=O)Cc1ccc(C)c(C)c1. The first-order chi connectivity index (χ1) is 13.8. The summed E-state index contributed by atoms with van der Waals surface area (Å²) in [7, 11) is 0. The highest BCUT2D eigenvalue weighted by atomic mass is 35.5. The van der Waals surface area contributed by atoms with Crippen LogP contribution in [0.2, 0.25) is 5.02 Å². The molecular formula is C24H31ClN2O2. The van der Waals surface area contributed by atoms with E-state index < -0.39 is 6.04 Å². The average Bonchev–Trinajstić information content (AvgIpc) is 2.69. The van der Waals surface area contributed by atoms with Crippen LogP contribution in [0.4, 0.5) is 0 Å². The van der Waals surface area contributed by atoms with Gasteiger partial charge in [0.15, 0.2) is 0 Å². The number of halogens is 1. The summed E-state index contributed by atoms with van der Waals surface area (Å²) in [5.41, 5.74) is 4.12.